The van der Waals surface area contributed by atoms with Gasteiger partial charge in [0.1, 0.15) is 6.10 Å². The van der Waals surface area contributed by atoms with Gasteiger partial charge in [0.05, 0.1) is 6.61 Å². The van der Waals surface area contributed by atoms with Gasteiger partial charge in [-0.15, -0.1) is 11.8 Å². The molecule has 0 radical (unpaired) electrons. The van der Waals surface area contributed by atoms with Crippen LogP contribution in [0.25, 0.3) is 0 Å². The van der Waals surface area contributed by atoms with Gasteiger partial charge in [0, 0.05) is 27.9 Å². The molecular formula is C33H32O2S. The zero-order chi connectivity index (χ0) is 24.7. The lowest BCUT2D eigenvalue weighted by Crippen LogP contribution is -2.34. The second-order valence-electron chi connectivity index (χ2n) is 10.7. The summed E-state index contributed by atoms with van der Waals surface area (Å²) in [4.78, 5) is 13.5. The first-order chi connectivity index (χ1) is 17.6. The predicted octanol–water partition coefficient (Wildman–Crippen LogP) is 7.48. The third kappa shape index (κ3) is 4.11. The van der Waals surface area contributed by atoms with Gasteiger partial charge in [0.15, 0.2) is 5.78 Å². The standard InChI is InChI=1S/C33H32O2S/c1-33-21-35-32(23-9-15-27(36-2)16-10-23)31-28-18-14-26(34)20-24(28)11-17-29(31)30(33)19-13-25(33)12-8-22-6-4-3-5-7-22/h3-7,9-10,13,15-16,20,29-30,32H,11,14,17-19,21H2,1-2H3/t29?,30?,32-,33?/m1/s1. The van der Waals surface area contributed by atoms with Crippen LogP contribution in [0.1, 0.15) is 56.3 Å². The zero-order valence-corrected chi connectivity index (χ0v) is 21.9. The number of ether oxygens (including phenoxy) is 1. The van der Waals surface area contributed by atoms with Crippen molar-refractivity contribution in [1.82, 2.24) is 0 Å². The van der Waals surface area contributed by atoms with Gasteiger partial charge < -0.3 is 4.74 Å². The third-order valence-corrected chi connectivity index (χ3v) is 9.42. The molecule has 0 aromatic heterocycles. The largest absolute Gasteiger partial charge is 0.368 e. The Bertz CT molecular complexity index is 1340. The number of ketones is 1. The molecule has 0 spiro atoms. The Morgan fingerprint density at radius 2 is 1.81 bits per heavy atom. The summed E-state index contributed by atoms with van der Waals surface area (Å²) in [6, 6.07) is 19.1. The van der Waals surface area contributed by atoms with E-state index in [1.165, 1.54) is 32.8 Å². The van der Waals surface area contributed by atoms with Crippen LogP contribution < -0.4 is 0 Å². The molecule has 0 N–H and O–H groups in total. The fraction of sp³-hybridized carbons (Fsp3) is 0.364. The van der Waals surface area contributed by atoms with Crippen molar-refractivity contribution >= 4 is 17.5 Å². The van der Waals surface area contributed by atoms with E-state index in [2.05, 4.69) is 67.5 Å². The molecule has 1 fully saturated rings. The molecule has 36 heavy (non-hydrogen) atoms. The smallest absolute Gasteiger partial charge is 0.156 e. The molecule has 4 aliphatic rings. The molecule has 6 rings (SSSR count). The lowest BCUT2D eigenvalue weighted by molar-refractivity contribution is -0.114. The highest BCUT2D eigenvalue weighted by Gasteiger charge is 2.51. The minimum absolute atomic E-state index is 0.0661. The quantitative estimate of drug-likeness (QED) is 0.321. The van der Waals surface area contributed by atoms with Crippen LogP contribution in [0.4, 0.5) is 0 Å². The fourth-order valence-electron chi connectivity index (χ4n) is 6.76. The number of benzene rings is 2. The molecule has 0 bridgehead atoms. The minimum Gasteiger partial charge on any atom is -0.368 e. The van der Waals surface area contributed by atoms with Crippen LogP contribution in [0.15, 0.2) is 93.9 Å². The maximum absolute atomic E-state index is 12.3. The molecule has 2 aromatic carbocycles. The topological polar surface area (TPSA) is 26.3 Å². The van der Waals surface area contributed by atoms with Gasteiger partial charge in [-0.2, -0.15) is 0 Å². The number of carbonyl (C=O) groups is 1. The van der Waals surface area contributed by atoms with Gasteiger partial charge in [0.25, 0.3) is 0 Å². The average Bonchev–Trinajstić information content (AvgIpc) is 3.17. The Morgan fingerprint density at radius 1 is 1.00 bits per heavy atom. The van der Waals surface area contributed by atoms with Crippen molar-refractivity contribution in [3.05, 3.63) is 100 Å². The van der Waals surface area contributed by atoms with Crippen molar-refractivity contribution in [2.75, 3.05) is 12.9 Å². The lowest BCUT2D eigenvalue weighted by atomic mass is 9.62. The number of thioether (sulfide) groups is 1. The molecule has 2 aromatic rings. The van der Waals surface area contributed by atoms with E-state index >= 15 is 0 Å². The van der Waals surface area contributed by atoms with Crippen LogP contribution >= 0.6 is 11.8 Å². The molecule has 4 atom stereocenters. The Morgan fingerprint density at radius 3 is 2.58 bits per heavy atom. The predicted molar refractivity (Wildman–Crippen MR) is 147 cm³/mol. The van der Waals surface area contributed by atoms with Gasteiger partial charge in [-0.25, -0.2) is 0 Å². The maximum Gasteiger partial charge on any atom is 0.156 e. The molecular weight excluding hydrogens is 460 g/mol. The lowest BCUT2D eigenvalue weighted by Gasteiger charge is -2.40. The van der Waals surface area contributed by atoms with Crippen molar-refractivity contribution in [3.8, 4) is 11.8 Å². The minimum atomic E-state index is -0.113. The SMILES string of the molecule is CSc1ccc([C@H]2OCC3(C)C(C#Cc4ccccc4)=CCC3C3CCC4=CC(=O)CCC4=C32)cc1. The van der Waals surface area contributed by atoms with Crippen LogP contribution in [-0.4, -0.2) is 18.6 Å². The summed E-state index contributed by atoms with van der Waals surface area (Å²) in [5, 5.41) is 0. The third-order valence-electron chi connectivity index (χ3n) is 8.68. The number of allylic oxidation sites excluding steroid dienone is 4. The van der Waals surface area contributed by atoms with Crippen molar-refractivity contribution in [1.29, 1.82) is 0 Å². The van der Waals surface area contributed by atoms with Crippen LogP contribution in [0, 0.1) is 29.1 Å². The molecule has 3 unspecified atom stereocenters. The Labute approximate surface area is 218 Å². The Hall–Kier alpha value is -2.80. The van der Waals surface area contributed by atoms with Crippen LogP contribution in [0.2, 0.25) is 0 Å². The van der Waals surface area contributed by atoms with Gasteiger partial charge in [-0.1, -0.05) is 55.2 Å². The molecule has 1 heterocycles. The van der Waals surface area contributed by atoms with E-state index in [0.717, 1.165) is 31.2 Å². The van der Waals surface area contributed by atoms with E-state index in [4.69, 9.17) is 4.74 Å². The van der Waals surface area contributed by atoms with Crippen molar-refractivity contribution in [2.45, 2.75) is 50.0 Å². The van der Waals surface area contributed by atoms with Crippen LogP contribution in [0.3, 0.4) is 0 Å². The highest BCUT2D eigenvalue weighted by Crippen LogP contribution is 2.58. The molecule has 3 heteroatoms. The van der Waals surface area contributed by atoms with E-state index in [0.29, 0.717) is 24.9 Å². The number of fused-ring (bicyclic) bond motifs is 4. The summed E-state index contributed by atoms with van der Waals surface area (Å²) < 4.78 is 6.92. The van der Waals surface area contributed by atoms with Crippen LogP contribution in [-0.2, 0) is 9.53 Å². The summed E-state index contributed by atoms with van der Waals surface area (Å²) >= 11 is 1.76. The van der Waals surface area contributed by atoms with Gasteiger partial charge in [-0.3, -0.25) is 4.79 Å². The van der Waals surface area contributed by atoms with Crippen molar-refractivity contribution in [2.24, 2.45) is 17.3 Å². The first-order valence-corrected chi connectivity index (χ1v) is 14.3. The highest BCUT2D eigenvalue weighted by atomic mass is 32.2. The molecule has 0 saturated carbocycles. The summed E-state index contributed by atoms with van der Waals surface area (Å²) in [5.41, 5.74) is 7.48. The van der Waals surface area contributed by atoms with Crippen molar-refractivity contribution in [3.63, 3.8) is 0 Å². The molecule has 3 aliphatic carbocycles. The van der Waals surface area contributed by atoms with Gasteiger partial charge >= 0.3 is 0 Å². The van der Waals surface area contributed by atoms with E-state index in [1.54, 1.807) is 11.8 Å². The first kappa shape index (κ1) is 23.6. The average molecular weight is 493 g/mol. The molecule has 0 amide bonds. The second kappa shape index (κ2) is 9.58. The summed E-state index contributed by atoms with van der Waals surface area (Å²) in [7, 11) is 0. The molecule has 1 saturated heterocycles. The van der Waals surface area contributed by atoms with E-state index in [1.807, 2.05) is 24.3 Å². The Kier molecular flexibility index (Phi) is 6.28. The molecule has 1 aliphatic heterocycles. The summed E-state index contributed by atoms with van der Waals surface area (Å²) in [6.45, 7) is 3.03. The number of hydrogen-bond donors (Lipinski definition) is 0. The Balaban J connectivity index is 1.43. The van der Waals surface area contributed by atoms with Crippen molar-refractivity contribution < 1.29 is 9.53 Å². The molecule has 182 valence electrons. The maximum atomic E-state index is 12.3. The van der Waals surface area contributed by atoms with E-state index in [9.17, 15) is 4.79 Å². The fourth-order valence-corrected chi connectivity index (χ4v) is 7.17. The van der Waals surface area contributed by atoms with E-state index < -0.39 is 0 Å². The zero-order valence-electron chi connectivity index (χ0n) is 21.1. The van der Waals surface area contributed by atoms with Gasteiger partial charge in [-0.05, 0) is 96.4 Å². The highest BCUT2D eigenvalue weighted by molar-refractivity contribution is 7.98. The number of rotatable bonds is 2. The monoisotopic (exact) mass is 492 g/mol. The normalized spacial score (nSPS) is 29.2. The number of hydrogen-bond acceptors (Lipinski definition) is 3. The van der Waals surface area contributed by atoms with Crippen LogP contribution in [0.5, 0.6) is 0 Å². The van der Waals surface area contributed by atoms with Gasteiger partial charge in [0.2, 0.25) is 0 Å². The number of carbonyl (C=O) groups excluding carboxylic acids is 1. The first-order valence-electron chi connectivity index (χ1n) is 13.1. The molecule has 2 nitrogen and oxygen atoms in total. The second-order valence-corrected chi connectivity index (χ2v) is 11.6. The summed E-state index contributed by atoms with van der Waals surface area (Å²) in [5.74, 6) is 8.14. The van der Waals surface area contributed by atoms with E-state index in [-0.39, 0.29) is 17.3 Å². The summed E-state index contributed by atoms with van der Waals surface area (Å²) in [6.07, 6.45) is 10.9.